The predicted octanol–water partition coefficient (Wildman–Crippen LogP) is 4.52. The van der Waals surface area contributed by atoms with Gasteiger partial charge in [0.05, 0.1) is 11.0 Å². The van der Waals surface area contributed by atoms with Crippen molar-refractivity contribution in [3.05, 3.63) is 63.7 Å². The topological polar surface area (TPSA) is 101 Å². The lowest BCUT2D eigenvalue weighted by molar-refractivity contribution is -0.146. The molecule has 200 valence electrons. The molecule has 37 heavy (non-hydrogen) atoms. The largest absolute Gasteiger partial charge is 0.456 e. The van der Waals surface area contributed by atoms with Crippen molar-refractivity contribution in [1.29, 1.82) is 0 Å². The number of Topliss-reactive ketones (excluding diaryl/α,β-unsaturated/α-hetero) is 1. The number of hydrogen-bond acceptors (Lipinski definition) is 6. The highest BCUT2D eigenvalue weighted by Crippen LogP contribution is 2.34. The van der Waals surface area contributed by atoms with E-state index in [0.29, 0.717) is 22.6 Å². The van der Waals surface area contributed by atoms with Gasteiger partial charge in [0.15, 0.2) is 12.4 Å². The molecule has 1 aliphatic heterocycles. The van der Waals surface area contributed by atoms with Crippen molar-refractivity contribution in [3.8, 4) is 0 Å². The minimum absolute atomic E-state index is 0.0781. The number of aliphatic hydroxyl groups is 1. The zero-order valence-corrected chi connectivity index (χ0v) is 22.9. The van der Waals surface area contributed by atoms with Gasteiger partial charge in [0, 0.05) is 18.5 Å². The van der Waals surface area contributed by atoms with Gasteiger partial charge in [-0.05, 0) is 74.3 Å². The van der Waals surface area contributed by atoms with Crippen LogP contribution in [0.25, 0.3) is 0 Å². The Kier molecular flexibility index (Phi) is 8.21. The number of rotatable bonds is 7. The Balaban J connectivity index is 1.46. The van der Waals surface area contributed by atoms with Crippen LogP contribution in [0, 0.1) is 27.7 Å². The summed E-state index contributed by atoms with van der Waals surface area (Å²) in [5, 5.41) is 10.3. The number of hydrogen-bond donors (Lipinski definition) is 1. The number of ether oxygens (including phenoxy) is 1. The molecule has 0 amide bonds. The molecule has 1 aliphatic carbocycles. The van der Waals surface area contributed by atoms with Gasteiger partial charge in [-0.15, -0.1) is 0 Å². The number of β-amino-alcohol motifs (C(OH)–C–C–N with tert-alkyl or cyclic N) is 1. The number of esters is 1. The molecule has 7 nitrogen and oxygen atoms in total. The maximum Gasteiger partial charge on any atom is 0.325 e. The SMILES string of the molecule is Cc1cc(C)c(C)c(S(=O)(=O)N2C[C@@H](O)C[C@H]2C(=O)OCC(=O)c2ccc(C3CCCCC3)cc2)c1C. The molecule has 1 N–H and O–H groups in total. The number of carbonyl (C=O) groups is 2. The molecule has 2 atom stereocenters. The fraction of sp³-hybridized carbons (Fsp3) is 0.517. The van der Waals surface area contributed by atoms with Gasteiger partial charge in [-0.1, -0.05) is 49.6 Å². The predicted molar refractivity (Wildman–Crippen MR) is 141 cm³/mol. The lowest BCUT2D eigenvalue weighted by Gasteiger charge is -2.25. The summed E-state index contributed by atoms with van der Waals surface area (Å²) in [5.41, 5.74) is 4.57. The summed E-state index contributed by atoms with van der Waals surface area (Å²) in [6, 6.07) is 8.22. The fourth-order valence-corrected chi connectivity index (χ4v) is 7.85. The van der Waals surface area contributed by atoms with E-state index in [4.69, 9.17) is 4.74 Å². The zero-order chi connectivity index (χ0) is 26.9. The third kappa shape index (κ3) is 5.66. The highest BCUT2D eigenvalue weighted by Gasteiger charge is 2.45. The highest BCUT2D eigenvalue weighted by molar-refractivity contribution is 7.89. The molecule has 4 rings (SSSR count). The number of carbonyl (C=O) groups excluding carboxylic acids is 2. The smallest absolute Gasteiger partial charge is 0.325 e. The molecule has 2 aromatic carbocycles. The van der Waals surface area contributed by atoms with Crippen LogP contribution in [-0.2, 0) is 19.6 Å². The average molecular weight is 528 g/mol. The second-order valence-corrected chi connectivity index (χ2v) is 12.4. The first-order valence-electron chi connectivity index (χ1n) is 13.1. The maximum absolute atomic E-state index is 13.7. The molecular formula is C29H37NO6S. The average Bonchev–Trinajstić information content (AvgIpc) is 3.29. The van der Waals surface area contributed by atoms with Gasteiger partial charge in [-0.3, -0.25) is 9.59 Å². The maximum atomic E-state index is 13.7. The second kappa shape index (κ2) is 11.1. The third-order valence-corrected chi connectivity index (χ3v) is 10.2. The molecule has 0 radical (unpaired) electrons. The van der Waals surface area contributed by atoms with Crippen LogP contribution in [0.15, 0.2) is 35.2 Å². The van der Waals surface area contributed by atoms with E-state index in [-0.39, 0.29) is 23.6 Å². The number of aryl methyl sites for hydroxylation is 2. The van der Waals surface area contributed by atoms with Crippen LogP contribution in [0.4, 0.5) is 0 Å². The molecule has 2 aliphatic rings. The monoisotopic (exact) mass is 527 g/mol. The molecule has 1 saturated carbocycles. The first-order chi connectivity index (χ1) is 17.5. The number of sulfonamides is 1. The van der Waals surface area contributed by atoms with Crippen LogP contribution in [0.5, 0.6) is 0 Å². The number of benzene rings is 2. The second-order valence-electron chi connectivity index (χ2n) is 10.6. The van der Waals surface area contributed by atoms with E-state index < -0.39 is 34.7 Å². The zero-order valence-electron chi connectivity index (χ0n) is 22.1. The van der Waals surface area contributed by atoms with Crippen LogP contribution in [0.3, 0.4) is 0 Å². The molecule has 0 unspecified atom stereocenters. The lowest BCUT2D eigenvalue weighted by Crippen LogP contribution is -2.42. The Hall–Kier alpha value is -2.55. The molecule has 0 aromatic heterocycles. The van der Waals surface area contributed by atoms with Crippen LogP contribution >= 0.6 is 0 Å². The Morgan fingerprint density at radius 2 is 1.57 bits per heavy atom. The van der Waals surface area contributed by atoms with Crippen molar-refractivity contribution in [2.75, 3.05) is 13.2 Å². The van der Waals surface area contributed by atoms with Crippen LogP contribution in [0.1, 0.15) is 82.6 Å². The van der Waals surface area contributed by atoms with Gasteiger partial charge in [-0.2, -0.15) is 4.31 Å². The summed E-state index contributed by atoms with van der Waals surface area (Å²) in [7, 11) is -4.09. The summed E-state index contributed by atoms with van der Waals surface area (Å²) in [6.07, 6.45) is 4.99. The molecule has 0 bridgehead atoms. The Morgan fingerprint density at radius 1 is 0.973 bits per heavy atom. The molecule has 2 fully saturated rings. The van der Waals surface area contributed by atoms with E-state index in [0.717, 1.165) is 15.4 Å². The van der Waals surface area contributed by atoms with Crippen molar-refractivity contribution < 1.29 is 27.9 Å². The summed E-state index contributed by atoms with van der Waals surface area (Å²) in [5.74, 6) is -0.647. The molecule has 0 spiro atoms. The quantitative estimate of drug-likeness (QED) is 0.420. The van der Waals surface area contributed by atoms with E-state index in [1.54, 1.807) is 26.0 Å². The summed E-state index contributed by atoms with van der Waals surface area (Å²) < 4.78 is 33.7. The Morgan fingerprint density at radius 3 is 2.16 bits per heavy atom. The molecule has 1 heterocycles. The van der Waals surface area contributed by atoms with Crippen molar-refractivity contribution in [3.63, 3.8) is 0 Å². The minimum Gasteiger partial charge on any atom is -0.456 e. The van der Waals surface area contributed by atoms with Gasteiger partial charge in [0.2, 0.25) is 10.0 Å². The normalized spacial score (nSPS) is 21.2. The lowest BCUT2D eigenvalue weighted by atomic mass is 9.84. The van der Waals surface area contributed by atoms with E-state index >= 15 is 0 Å². The molecule has 8 heteroatoms. The molecule has 2 aromatic rings. The summed E-state index contributed by atoms with van der Waals surface area (Å²) in [4.78, 5) is 25.9. The number of nitrogens with zero attached hydrogens (tertiary/aromatic N) is 1. The summed E-state index contributed by atoms with van der Waals surface area (Å²) >= 11 is 0. The Labute approximate surface area is 219 Å². The standard InChI is InChI=1S/C29H37NO6S/c1-18-14-19(2)21(4)28(20(18)3)37(34,35)30-16-25(31)15-26(30)29(33)36-17-27(32)24-12-10-23(11-13-24)22-8-6-5-7-9-22/h10-14,22,25-26,31H,5-9,15-17H2,1-4H3/t25-,26-/m0/s1. The van der Waals surface area contributed by atoms with Gasteiger partial charge in [0.25, 0.3) is 0 Å². The van der Waals surface area contributed by atoms with E-state index in [9.17, 15) is 23.1 Å². The Bertz CT molecular complexity index is 1250. The summed E-state index contributed by atoms with van der Waals surface area (Å²) in [6.45, 7) is 6.49. The molecule has 1 saturated heterocycles. The van der Waals surface area contributed by atoms with Crippen molar-refractivity contribution in [2.24, 2.45) is 0 Å². The van der Waals surface area contributed by atoms with Gasteiger partial charge >= 0.3 is 5.97 Å². The van der Waals surface area contributed by atoms with E-state index in [1.165, 1.54) is 37.7 Å². The van der Waals surface area contributed by atoms with Crippen LogP contribution in [-0.4, -0.2) is 54.9 Å². The third-order valence-electron chi connectivity index (χ3n) is 8.02. The number of ketones is 1. The van der Waals surface area contributed by atoms with Gasteiger partial charge in [-0.25, -0.2) is 8.42 Å². The minimum atomic E-state index is -4.09. The van der Waals surface area contributed by atoms with E-state index in [2.05, 4.69) is 0 Å². The van der Waals surface area contributed by atoms with Gasteiger partial charge < -0.3 is 9.84 Å². The van der Waals surface area contributed by atoms with Crippen LogP contribution < -0.4 is 0 Å². The molecular weight excluding hydrogens is 490 g/mol. The van der Waals surface area contributed by atoms with E-state index in [1.807, 2.05) is 32.0 Å². The fourth-order valence-electron chi connectivity index (χ4n) is 5.64. The van der Waals surface area contributed by atoms with Crippen molar-refractivity contribution in [1.82, 2.24) is 4.31 Å². The van der Waals surface area contributed by atoms with Crippen LogP contribution in [0.2, 0.25) is 0 Å². The first kappa shape index (κ1) is 27.5. The highest BCUT2D eigenvalue weighted by atomic mass is 32.2. The van der Waals surface area contributed by atoms with Crippen molar-refractivity contribution >= 4 is 21.8 Å². The van der Waals surface area contributed by atoms with Crippen molar-refractivity contribution in [2.45, 2.75) is 89.2 Å². The number of aliphatic hydroxyl groups excluding tert-OH is 1. The van der Waals surface area contributed by atoms with Gasteiger partial charge in [0.1, 0.15) is 6.04 Å². The first-order valence-corrected chi connectivity index (χ1v) is 14.5.